The van der Waals surface area contributed by atoms with Gasteiger partial charge in [0.1, 0.15) is 5.82 Å². The molecule has 0 atom stereocenters. The number of nitrogens with zero attached hydrogens (tertiary/aromatic N) is 4. The summed E-state index contributed by atoms with van der Waals surface area (Å²) in [4.78, 5) is 27.0. The van der Waals surface area contributed by atoms with Crippen LogP contribution in [0.2, 0.25) is 5.02 Å². The van der Waals surface area contributed by atoms with Crippen molar-refractivity contribution in [3.05, 3.63) is 76.4 Å². The number of aromatic nitrogens is 2. The smallest absolute Gasteiger partial charge is 0.227 e. The van der Waals surface area contributed by atoms with Crippen molar-refractivity contribution in [1.82, 2.24) is 14.9 Å². The third-order valence-corrected chi connectivity index (χ3v) is 6.33. The van der Waals surface area contributed by atoms with Crippen LogP contribution in [0.25, 0.3) is 0 Å². The number of aryl methyl sites for hydroxylation is 1. The minimum Gasteiger partial charge on any atom is -0.339 e. The second-order valence-electron chi connectivity index (χ2n) is 8.35. The molecule has 0 saturated carbocycles. The topological polar surface area (TPSA) is 61.4 Å². The highest BCUT2D eigenvalue weighted by molar-refractivity contribution is 6.30. The standard InChI is InChI=1S/C25H26ClN5O/c26-19-9-11-20(12-10-19)27-24-23-21(7-4-8-22(23)32)28-25(29-24)31-15-13-30(14-16-31)17-18-5-2-1-3-6-18/h1-3,5-6,9-12H,4,7-8,13-17H2,(H,27,28,29). The lowest BCUT2D eigenvalue weighted by molar-refractivity contribution is 0.0972. The molecule has 2 heterocycles. The molecule has 6 nitrogen and oxygen atoms in total. The van der Waals surface area contributed by atoms with Crippen LogP contribution in [0.15, 0.2) is 54.6 Å². The van der Waals surface area contributed by atoms with Crippen LogP contribution < -0.4 is 10.2 Å². The van der Waals surface area contributed by atoms with E-state index < -0.39 is 0 Å². The van der Waals surface area contributed by atoms with Gasteiger partial charge in [-0.1, -0.05) is 41.9 Å². The van der Waals surface area contributed by atoms with E-state index >= 15 is 0 Å². The van der Waals surface area contributed by atoms with Gasteiger partial charge in [-0.15, -0.1) is 0 Å². The van der Waals surface area contributed by atoms with Gasteiger partial charge in [-0.05, 0) is 42.7 Å². The van der Waals surface area contributed by atoms with Crippen molar-refractivity contribution in [1.29, 1.82) is 0 Å². The van der Waals surface area contributed by atoms with Gasteiger partial charge in [0.15, 0.2) is 5.78 Å². The lowest BCUT2D eigenvalue weighted by Crippen LogP contribution is -2.46. The fraction of sp³-hybridized carbons (Fsp3) is 0.320. The number of anilines is 3. The number of hydrogen-bond acceptors (Lipinski definition) is 6. The summed E-state index contributed by atoms with van der Waals surface area (Å²) in [5.74, 6) is 1.42. The maximum Gasteiger partial charge on any atom is 0.227 e. The molecule has 1 saturated heterocycles. The van der Waals surface area contributed by atoms with E-state index in [0.29, 0.717) is 28.8 Å². The average molecular weight is 448 g/mol. The van der Waals surface area contributed by atoms with Crippen molar-refractivity contribution < 1.29 is 4.79 Å². The molecule has 2 aromatic carbocycles. The second-order valence-corrected chi connectivity index (χ2v) is 8.79. The van der Waals surface area contributed by atoms with Crippen LogP contribution >= 0.6 is 11.6 Å². The first-order chi connectivity index (χ1) is 15.7. The average Bonchev–Trinajstić information content (AvgIpc) is 2.82. The molecule has 0 bridgehead atoms. The number of fused-ring (bicyclic) bond motifs is 1. The molecule has 0 radical (unpaired) electrons. The second kappa shape index (κ2) is 9.27. The van der Waals surface area contributed by atoms with Gasteiger partial charge in [0.2, 0.25) is 5.95 Å². The van der Waals surface area contributed by atoms with Crippen molar-refractivity contribution in [3.8, 4) is 0 Å². The van der Waals surface area contributed by atoms with Gasteiger partial charge in [0, 0.05) is 49.9 Å². The van der Waals surface area contributed by atoms with E-state index in [2.05, 4.69) is 45.4 Å². The Labute approximate surface area is 193 Å². The largest absolute Gasteiger partial charge is 0.339 e. The van der Waals surface area contributed by atoms with Gasteiger partial charge >= 0.3 is 0 Å². The predicted molar refractivity (Wildman–Crippen MR) is 128 cm³/mol. The van der Waals surface area contributed by atoms with Gasteiger partial charge in [-0.2, -0.15) is 4.98 Å². The number of ketones is 1. The van der Waals surface area contributed by atoms with Crippen LogP contribution in [0.5, 0.6) is 0 Å². The van der Waals surface area contributed by atoms with Crippen molar-refractivity contribution in [2.75, 3.05) is 36.4 Å². The third-order valence-electron chi connectivity index (χ3n) is 6.08. The molecule has 1 N–H and O–H groups in total. The quantitative estimate of drug-likeness (QED) is 0.611. The van der Waals surface area contributed by atoms with Gasteiger partial charge in [0.25, 0.3) is 0 Å². The minimum atomic E-state index is 0.113. The summed E-state index contributed by atoms with van der Waals surface area (Å²) < 4.78 is 0. The number of Topliss-reactive ketones (excluding diaryl/α,β-unsaturated/α-hetero) is 1. The van der Waals surface area contributed by atoms with Crippen LogP contribution in [0.4, 0.5) is 17.5 Å². The van der Waals surface area contributed by atoms with Crippen molar-refractivity contribution in [2.45, 2.75) is 25.8 Å². The fourth-order valence-corrected chi connectivity index (χ4v) is 4.48. The summed E-state index contributed by atoms with van der Waals surface area (Å²) in [6.45, 7) is 4.58. The molecular formula is C25H26ClN5O. The highest BCUT2D eigenvalue weighted by atomic mass is 35.5. The van der Waals surface area contributed by atoms with Crippen LogP contribution in [0.1, 0.15) is 34.5 Å². The van der Waals surface area contributed by atoms with Crippen LogP contribution in [-0.4, -0.2) is 46.8 Å². The number of halogens is 1. The van der Waals surface area contributed by atoms with Crippen molar-refractivity contribution >= 4 is 34.8 Å². The normalized spacial score (nSPS) is 16.7. The summed E-state index contributed by atoms with van der Waals surface area (Å²) in [6.07, 6.45) is 2.19. The zero-order valence-corrected chi connectivity index (χ0v) is 18.7. The van der Waals surface area contributed by atoms with Crippen molar-refractivity contribution in [3.63, 3.8) is 0 Å². The van der Waals surface area contributed by atoms with E-state index in [1.165, 1.54) is 5.56 Å². The maximum atomic E-state index is 12.7. The molecule has 1 fully saturated rings. The number of carbonyl (C=O) groups excluding carboxylic acids is 1. The van der Waals surface area contributed by atoms with Gasteiger partial charge in [-0.25, -0.2) is 4.98 Å². The third kappa shape index (κ3) is 4.61. The zero-order chi connectivity index (χ0) is 21.9. The Balaban J connectivity index is 1.36. The van der Waals surface area contributed by atoms with Crippen LogP contribution in [0, 0.1) is 0 Å². The number of carbonyl (C=O) groups is 1. The number of piperazine rings is 1. The van der Waals surface area contributed by atoms with E-state index in [9.17, 15) is 4.79 Å². The first-order valence-corrected chi connectivity index (χ1v) is 11.5. The Morgan fingerprint density at radius 2 is 1.66 bits per heavy atom. The molecule has 2 aliphatic rings. The van der Waals surface area contributed by atoms with Crippen molar-refractivity contribution in [2.24, 2.45) is 0 Å². The van der Waals surface area contributed by atoms with Gasteiger partial charge in [0.05, 0.1) is 11.3 Å². The highest BCUT2D eigenvalue weighted by Crippen LogP contribution is 2.30. The number of nitrogens with one attached hydrogen (secondary N) is 1. The van der Waals surface area contributed by atoms with E-state index in [4.69, 9.17) is 21.6 Å². The highest BCUT2D eigenvalue weighted by Gasteiger charge is 2.27. The van der Waals surface area contributed by atoms with Crippen LogP contribution in [0.3, 0.4) is 0 Å². The molecule has 5 rings (SSSR count). The monoisotopic (exact) mass is 447 g/mol. The maximum absolute atomic E-state index is 12.7. The SMILES string of the molecule is O=C1CCCc2nc(N3CCN(Cc4ccccc4)CC3)nc(Nc3ccc(Cl)cc3)c21. The minimum absolute atomic E-state index is 0.113. The summed E-state index contributed by atoms with van der Waals surface area (Å²) in [7, 11) is 0. The number of hydrogen-bond donors (Lipinski definition) is 1. The van der Waals surface area contributed by atoms with Gasteiger partial charge < -0.3 is 10.2 Å². The molecule has 0 spiro atoms. The molecule has 164 valence electrons. The number of rotatable bonds is 5. The Bertz CT molecular complexity index is 1100. The molecule has 7 heteroatoms. The van der Waals surface area contributed by atoms with Crippen LogP contribution in [-0.2, 0) is 13.0 Å². The molecule has 1 aliphatic heterocycles. The summed E-state index contributed by atoms with van der Waals surface area (Å²) >= 11 is 6.02. The molecular weight excluding hydrogens is 422 g/mol. The lowest BCUT2D eigenvalue weighted by Gasteiger charge is -2.35. The molecule has 0 amide bonds. The zero-order valence-electron chi connectivity index (χ0n) is 17.9. The van der Waals surface area contributed by atoms with E-state index in [1.54, 1.807) is 0 Å². The Morgan fingerprint density at radius 1 is 0.906 bits per heavy atom. The van der Waals surface area contributed by atoms with E-state index in [-0.39, 0.29) is 5.78 Å². The Kier molecular flexibility index (Phi) is 6.06. The van der Waals surface area contributed by atoms with E-state index in [0.717, 1.165) is 56.9 Å². The molecule has 1 aromatic heterocycles. The summed E-state index contributed by atoms with van der Waals surface area (Å²) in [6, 6.07) is 18.0. The summed E-state index contributed by atoms with van der Waals surface area (Å²) in [5.41, 5.74) is 3.68. The first kappa shape index (κ1) is 20.9. The molecule has 32 heavy (non-hydrogen) atoms. The Morgan fingerprint density at radius 3 is 2.41 bits per heavy atom. The molecule has 1 aliphatic carbocycles. The van der Waals surface area contributed by atoms with E-state index in [1.807, 2.05) is 24.3 Å². The Hall–Kier alpha value is -2.96. The fourth-order valence-electron chi connectivity index (χ4n) is 4.36. The van der Waals surface area contributed by atoms with Gasteiger partial charge in [-0.3, -0.25) is 9.69 Å². The first-order valence-electron chi connectivity index (χ1n) is 11.1. The lowest BCUT2D eigenvalue weighted by atomic mass is 9.95. The molecule has 3 aromatic rings. The number of benzene rings is 2. The predicted octanol–water partition coefficient (Wildman–Crippen LogP) is 4.71. The summed E-state index contributed by atoms with van der Waals surface area (Å²) in [5, 5.41) is 4.01. The molecule has 0 unspecified atom stereocenters.